The Morgan fingerprint density at radius 1 is 1.09 bits per heavy atom. The quantitative estimate of drug-likeness (QED) is 0.533. The van der Waals surface area contributed by atoms with Crippen molar-refractivity contribution in [2.45, 2.75) is 27.5 Å². The van der Waals surface area contributed by atoms with Crippen molar-refractivity contribution in [2.24, 2.45) is 0 Å². The highest BCUT2D eigenvalue weighted by Gasteiger charge is 2.05. The Labute approximate surface area is 69.7 Å². The third kappa shape index (κ3) is 1.86. The summed E-state index contributed by atoms with van der Waals surface area (Å²) < 4.78 is 0. The lowest BCUT2D eigenvalue weighted by Crippen LogP contribution is -2.25. The molecule has 0 heterocycles. The van der Waals surface area contributed by atoms with Gasteiger partial charge in [-0.05, 0) is 13.8 Å². The lowest BCUT2D eigenvalue weighted by Gasteiger charge is -2.07. The number of hydrogen-bond acceptors (Lipinski definition) is 0. The van der Waals surface area contributed by atoms with E-state index in [1.165, 1.54) is 16.6 Å². The van der Waals surface area contributed by atoms with Gasteiger partial charge in [0.25, 0.3) is 0 Å². The maximum atomic E-state index is 2.28. The average molecular weight is 146 g/mol. The van der Waals surface area contributed by atoms with E-state index in [4.69, 9.17) is 0 Å². The molecule has 0 aliphatic carbocycles. The maximum Gasteiger partial charge on any atom is 0.169 e. The molecule has 0 radical (unpaired) electrons. The molecule has 0 unspecified atom stereocenters. The summed E-state index contributed by atoms with van der Waals surface area (Å²) in [6.07, 6.45) is 0. The molecule has 0 fully saturated rings. The molecule has 1 aromatic rings. The topological polar surface area (TPSA) is 0 Å². The molecule has 58 valence electrons. The molecular weight excluding hydrogens is 131 g/mol. The number of benzene rings is 1. The lowest BCUT2D eigenvalue weighted by molar-refractivity contribution is 1.42. The Balaban J connectivity index is 3.13. The first-order chi connectivity index (χ1) is 5.11. The minimum absolute atomic E-state index is 0.648. The molecule has 0 nitrogen and oxygen atoms in total. The Kier molecular flexibility index (Phi) is 2.38. The summed E-state index contributed by atoms with van der Waals surface area (Å²) in [6.45, 7) is 9.44. The van der Waals surface area contributed by atoms with Crippen LogP contribution in [0.3, 0.4) is 0 Å². The van der Waals surface area contributed by atoms with Gasteiger partial charge in [-0.25, -0.2) is 0 Å². The van der Waals surface area contributed by atoms with Crippen molar-refractivity contribution in [1.82, 2.24) is 0 Å². The highest BCUT2D eigenvalue weighted by molar-refractivity contribution is 6.71. The van der Waals surface area contributed by atoms with Crippen LogP contribution in [0.5, 0.6) is 0 Å². The summed E-state index contributed by atoms with van der Waals surface area (Å²) in [4.78, 5) is 0. The van der Waals surface area contributed by atoms with Crippen LogP contribution in [0, 0.1) is 13.8 Å². The molecule has 0 spiro atoms. The van der Waals surface area contributed by atoms with Crippen molar-refractivity contribution < 1.29 is 0 Å². The third-order valence-electron chi connectivity index (χ3n) is 2.06. The first-order valence-electron chi connectivity index (χ1n) is 4.18. The summed E-state index contributed by atoms with van der Waals surface area (Å²) >= 11 is 0. The van der Waals surface area contributed by atoms with Crippen LogP contribution in [0.25, 0.3) is 0 Å². The van der Waals surface area contributed by atoms with Crippen LogP contribution < -0.4 is 5.46 Å². The Hall–Kier alpha value is -0.715. The minimum atomic E-state index is 0.648. The molecule has 0 saturated carbocycles. The van der Waals surface area contributed by atoms with Crippen LogP contribution in [0.15, 0.2) is 18.2 Å². The summed E-state index contributed by atoms with van der Waals surface area (Å²) in [5.41, 5.74) is 4.25. The predicted octanol–water partition coefficient (Wildman–Crippen LogP) is 2.26. The van der Waals surface area contributed by atoms with E-state index in [9.17, 15) is 0 Å². The second kappa shape index (κ2) is 3.12. The molecule has 0 amide bonds. The fourth-order valence-electron chi connectivity index (χ4n) is 1.38. The third-order valence-corrected chi connectivity index (χ3v) is 2.06. The second-order valence-corrected chi connectivity index (χ2v) is 3.51. The summed E-state index contributed by atoms with van der Waals surface area (Å²) in [6, 6.07) is 6.64. The minimum Gasteiger partial charge on any atom is -0.0819 e. The monoisotopic (exact) mass is 146 g/mol. The van der Waals surface area contributed by atoms with Gasteiger partial charge in [-0.1, -0.05) is 48.4 Å². The largest absolute Gasteiger partial charge is 0.169 e. The van der Waals surface area contributed by atoms with Crippen molar-refractivity contribution in [3.63, 3.8) is 0 Å². The lowest BCUT2D eigenvalue weighted by atomic mass is 9.48. The van der Waals surface area contributed by atoms with Crippen molar-refractivity contribution >= 4 is 12.2 Å². The fourth-order valence-corrected chi connectivity index (χ4v) is 1.38. The van der Waals surface area contributed by atoms with Gasteiger partial charge >= 0.3 is 0 Å². The summed E-state index contributed by atoms with van der Waals surface area (Å²) in [5.74, 6) is 0. The van der Waals surface area contributed by atoms with Crippen LogP contribution in [0.1, 0.15) is 11.1 Å². The first-order valence-corrected chi connectivity index (χ1v) is 4.18. The molecule has 11 heavy (non-hydrogen) atoms. The molecule has 0 bridgehead atoms. The van der Waals surface area contributed by atoms with Crippen LogP contribution in [0.4, 0.5) is 0 Å². The van der Waals surface area contributed by atoms with Gasteiger partial charge in [0.15, 0.2) is 6.71 Å². The van der Waals surface area contributed by atoms with Crippen molar-refractivity contribution in [1.29, 1.82) is 0 Å². The van der Waals surface area contributed by atoms with Gasteiger partial charge in [0.05, 0.1) is 0 Å². The van der Waals surface area contributed by atoms with Crippen LogP contribution >= 0.6 is 0 Å². The molecule has 1 aromatic carbocycles. The summed E-state index contributed by atoms with van der Waals surface area (Å²) in [5, 5.41) is 0. The van der Waals surface area contributed by atoms with E-state index in [0.717, 1.165) is 0 Å². The van der Waals surface area contributed by atoms with Gasteiger partial charge in [0, 0.05) is 0 Å². The van der Waals surface area contributed by atoms with Crippen molar-refractivity contribution in [2.75, 3.05) is 0 Å². The molecule has 1 heteroatoms. The number of rotatable bonds is 1. The normalized spacial score (nSPS) is 9.82. The Morgan fingerprint density at radius 3 is 2.18 bits per heavy atom. The van der Waals surface area contributed by atoms with Gasteiger partial charge in [0.2, 0.25) is 0 Å². The van der Waals surface area contributed by atoms with E-state index >= 15 is 0 Å². The Bertz CT molecular complexity index is 251. The molecule has 0 atom stereocenters. The first kappa shape index (κ1) is 8.38. The highest BCUT2D eigenvalue weighted by atomic mass is 13.9. The van der Waals surface area contributed by atoms with Crippen molar-refractivity contribution in [3.05, 3.63) is 29.3 Å². The smallest absolute Gasteiger partial charge is 0.0819 e. The van der Waals surface area contributed by atoms with Gasteiger partial charge in [-0.15, -0.1) is 0 Å². The zero-order chi connectivity index (χ0) is 8.43. The zero-order valence-electron chi connectivity index (χ0n) is 7.81. The van der Waals surface area contributed by atoms with E-state index in [2.05, 4.69) is 45.7 Å². The van der Waals surface area contributed by atoms with Crippen LogP contribution in [-0.4, -0.2) is 6.71 Å². The molecule has 0 aliphatic heterocycles. The molecular formula is C10H15B. The maximum absolute atomic E-state index is 2.28. The Morgan fingerprint density at radius 2 is 1.73 bits per heavy atom. The highest BCUT2D eigenvalue weighted by Crippen LogP contribution is 2.00. The van der Waals surface area contributed by atoms with E-state index in [1.54, 1.807) is 0 Å². The molecule has 0 saturated heterocycles. The SMILES string of the molecule is CB(C)c1cc(C)ccc1C. The molecule has 0 aliphatic rings. The van der Waals surface area contributed by atoms with Crippen LogP contribution in [-0.2, 0) is 0 Å². The predicted molar refractivity (Wildman–Crippen MR) is 53.0 cm³/mol. The average Bonchev–Trinajstić information content (AvgIpc) is 1.94. The van der Waals surface area contributed by atoms with Crippen LogP contribution in [0.2, 0.25) is 13.6 Å². The molecule has 0 N–H and O–H groups in total. The zero-order valence-corrected chi connectivity index (χ0v) is 7.81. The fraction of sp³-hybridized carbons (Fsp3) is 0.400. The van der Waals surface area contributed by atoms with E-state index in [1.807, 2.05) is 0 Å². The standard InChI is InChI=1S/C10H15B/c1-8-5-6-9(2)10(7-8)11(3)4/h5-7H,1-4H3. The molecule has 1 rings (SSSR count). The molecule has 0 aromatic heterocycles. The van der Waals surface area contributed by atoms with Gasteiger partial charge in [-0.2, -0.15) is 0 Å². The number of aryl methyl sites for hydroxylation is 2. The summed E-state index contributed by atoms with van der Waals surface area (Å²) in [7, 11) is 0. The van der Waals surface area contributed by atoms with E-state index in [0.29, 0.717) is 6.71 Å². The van der Waals surface area contributed by atoms with Gasteiger partial charge < -0.3 is 0 Å². The number of hydrogen-bond donors (Lipinski definition) is 0. The van der Waals surface area contributed by atoms with Crippen molar-refractivity contribution in [3.8, 4) is 0 Å². The van der Waals surface area contributed by atoms with E-state index in [-0.39, 0.29) is 0 Å². The van der Waals surface area contributed by atoms with E-state index < -0.39 is 0 Å². The van der Waals surface area contributed by atoms with Gasteiger partial charge in [0.1, 0.15) is 0 Å². The second-order valence-electron chi connectivity index (χ2n) is 3.51. The van der Waals surface area contributed by atoms with Gasteiger partial charge in [-0.3, -0.25) is 0 Å².